The number of aromatic nitrogens is 3. The topological polar surface area (TPSA) is 124 Å². The number of fused-ring (bicyclic) bond motifs is 3. The van der Waals surface area contributed by atoms with Crippen molar-refractivity contribution in [2.75, 3.05) is 49.5 Å². The lowest BCUT2D eigenvalue weighted by atomic mass is 9.72. The second-order valence-corrected chi connectivity index (χ2v) is 12.2. The van der Waals surface area contributed by atoms with Crippen LogP contribution in [0.25, 0.3) is 11.0 Å². The molecule has 5 heterocycles. The Morgan fingerprint density at radius 1 is 1.21 bits per heavy atom. The van der Waals surface area contributed by atoms with Crippen LogP contribution in [-0.4, -0.2) is 63.3 Å². The molecule has 11 nitrogen and oxygen atoms in total. The number of rotatable bonds is 7. The van der Waals surface area contributed by atoms with Crippen molar-refractivity contribution in [1.82, 2.24) is 20.3 Å². The molecule has 0 radical (unpaired) electrons. The van der Waals surface area contributed by atoms with E-state index in [2.05, 4.69) is 25.2 Å². The average molecular weight is 551 g/mol. The first-order valence-corrected chi connectivity index (χ1v) is 14.6. The summed E-state index contributed by atoms with van der Waals surface area (Å²) in [6, 6.07) is 8.97. The van der Waals surface area contributed by atoms with E-state index in [1.54, 1.807) is 18.3 Å². The molecule has 39 heavy (non-hydrogen) atoms. The number of nitrogens with zero attached hydrogens (tertiary/aromatic N) is 4. The van der Waals surface area contributed by atoms with Crippen LogP contribution in [0.3, 0.4) is 0 Å². The van der Waals surface area contributed by atoms with Gasteiger partial charge in [-0.3, -0.25) is 9.40 Å². The predicted octanol–water partition coefficient (Wildman–Crippen LogP) is 3.01. The van der Waals surface area contributed by atoms with Gasteiger partial charge in [0.25, 0.3) is 10.0 Å². The molecule has 2 saturated heterocycles. The zero-order valence-electron chi connectivity index (χ0n) is 21.6. The smallest absolute Gasteiger partial charge is 0.266 e. The molecule has 1 spiro atoms. The number of sulfonamides is 1. The van der Waals surface area contributed by atoms with Crippen LogP contribution in [-0.2, 0) is 23.0 Å². The van der Waals surface area contributed by atoms with E-state index in [-0.39, 0.29) is 10.7 Å². The lowest BCUT2D eigenvalue weighted by molar-refractivity contribution is 0.149. The van der Waals surface area contributed by atoms with E-state index in [0.717, 1.165) is 55.8 Å². The van der Waals surface area contributed by atoms with Crippen molar-refractivity contribution >= 4 is 32.5 Å². The lowest BCUT2D eigenvalue weighted by Crippen LogP contribution is -2.60. The van der Waals surface area contributed by atoms with Crippen LogP contribution in [0.5, 0.6) is 11.5 Å². The number of anilines is 2. The Balaban J connectivity index is 1.20. The van der Waals surface area contributed by atoms with Crippen LogP contribution in [0.1, 0.15) is 24.0 Å². The van der Waals surface area contributed by atoms with Gasteiger partial charge in [-0.2, -0.15) is 5.10 Å². The maximum absolute atomic E-state index is 13.7. The van der Waals surface area contributed by atoms with E-state index in [1.165, 1.54) is 7.11 Å². The molecule has 204 valence electrons. The normalized spacial score (nSPS) is 18.1. The molecular weight excluding hydrogens is 520 g/mol. The van der Waals surface area contributed by atoms with Crippen molar-refractivity contribution in [3.8, 4) is 11.5 Å². The third-order valence-corrected chi connectivity index (χ3v) is 9.51. The van der Waals surface area contributed by atoms with Gasteiger partial charge in [-0.1, -0.05) is 11.2 Å². The van der Waals surface area contributed by atoms with Crippen molar-refractivity contribution in [1.29, 1.82) is 0 Å². The first-order valence-electron chi connectivity index (χ1n) is 13.2. The van der Waals surface area contributed by atoms with Crippen molar-refractivity contribution in [3.63, 3.8) is 0 Å². The summed E-state index contributed by atoms with van der Waals surface area (Å²) in [7, 11) is -2.56. The monoisotopic (exact) mass is 550 g/mol. The van der Waals surface area contributed by atoms with Gasteiger partial charge in [-0.25, -0.2) is 8.42 Å². The Hall–Kier alpha value is -3.77. The van der Waals surface area contributed by atoms with Crippen LogP contribution < -0.4 is 24.4 Å². The zero-order chi connectivity index (χ0) is 26.6. The molecule has 2 aromatic carbocycles. The van der Waals surface area contributed by atoms with Crippen LogP contribution >= 0.6 is 0 Å². The molecule has 12 heteroatoms. The average Bonchev–Trinajstić information content (AvgIpc) is 3.69. The minimum Gasteiger partial charge on any atom is -0.493 e. The second-order valence-electron chi connectivity index (χ2n) is 10.6. The number of piperidine rings is 1. The largest absolute Gasteiger partial charge is 0.493 e. The summed E-state index contributed by atoms with van der Waals surface area (Å²) in [5.74, 6) is 1.02. The SMILES string of the molecule is COc1c(N2CC3(CCNCC3)C2)cccc1S(=O)(=O)Nc1noc2cc(Cn3cccn3)c3c(c12)OCC3. The summed E-state index contributed by atoms with van der Waals surface area (Å²) >= 11 is 0. The molecule has 0 bridgehead atoms. The first kappa shape index (κ1) is 24.3. The molecule has 2 N–H and O–H groups in total. The lowest BCUT2D eigenvalue weighted by Gasteiger charge is -2.53. The Bertz CT molecular complexity index is 1630. The van der Waals surface area contributed by atoms with Gasteiger partial charge in [0.2, 0.25) is 0 Å². The number of methoxy groups -OCH3 is 1. The third kappa shape index (κ3) is 4.09. The van der Waals surface area contributed by atoms with Gasteiger partial charge >= 0.3 is 0 Å². The molecular formula is C27H30N6O5S. The fraction of sp³-hybridized carbons (Fsp3) is 0.407. The minimum atomic E-state index is -4.06. The number of benzene rings is 2. The van der Waals surface area contributed by atoms with Crippen LogP contribution in [0.4, 0.5) is 11.5 Å². The summed E-state index contributed by atoms with van der Waals surface area (Å²) in [4.78, 5) is 2.26. The molecule has 2 fully saturated rings. The maximum Gasteiger partial charge on any atom is 0.266 e. The van der Waals surface area contributed by atoms with E-state index >= 15 is 0 Å². The molecule has 7 rings (SSSR count). The Kier molecular flexibility index (Phi) is 5.70. The van der Waals surface area contributed by atoms with Gasteiger partial charge in [-0.15, -0.1) is 0 Å². The summed E-state index contributed by atoms with van der Waals surface area (Å²) in [6.45, 7) is 4.87. The quantitative estimate of drug-likeness (QED) is 0.357. The molecule has 0 saturated carbocycles. The van der Waals surface area contributed by atoms with Crippen LogP contribution in [0.2, 0.25) is 0 Å². The van der Waals surface area contributed by atoms with Gasteiger partial charge in [0.05, 0.1) is 25.9 Å². The van der Waals surface area contributed by atoms with Gasteiger partial charge in [0.1, 0.15) is 16.0 Å². The summed E-state index contributed by atoms with van der Waals surface area (Å²) in [5, 5.41) is 12.3. The van der Waals surface area contributed by atoms with Gasteiger partial charge in [0.15, 0.2) is 17.2 Å². The number of hydrogen-bond acceptors (Lipinski definition) is 9. The Labute approximate surface area is 226 Å². The van der Waals surface area contributed by atoms with E-state index in [9.17, 15) is 8.42 Å². The highest BCUT2D eigenvalue weighted by Gasteiger charge is 2.44. The molecule has 2 aromatic heterocycles. The van der Waals surface area contributed by atoms with Crippen molar-refractivity contribution < 1.29 is 22.4 Å². The second kappa shape index (κ2) is 9.16. The highest BCUT2D eigenvalue weighted by Crippen LogP contribution is 2.46. The van der Waals surface area contributed by atoms with E-state index in [1.807, 2.05) is 29.1 Å². The molecule has 0 aliphatic carbocycles. The highest BCUT2D eigenvalue weighted by molar-refractivity contribution is 7.92. The van der Waals surface area contributed by atoms with Gasteiger partial charge < -0.3 is 24.2 Å². The molecule has 3 aliphatic heterocycles. The molecule has 0 amide bonds. The molecule has 0 unspecified atom stereocenters. The van der Waals surface area contributed by atoms with Crippen molar-refractivity contribution in [2.24, 2.45) is 5.41 Å². The van der Waals surface area contributed by atoms with Crippen LogP contribution in [0, 0.1) is 5.41 Å². The highest BCUT2D eigenvalue weighted by atomic mass is 32.2. The van der Waals surface area contributed by atoms with E-state index in [4.69, 9.17) is 14.0 Å². The third-order valence-electron chi connectivity index (χ3n) is 8.14. The number of hydrogen-bond donors (Lipinski definition) is 2. The van der Waals surface area contributed by atoms with Crippen molar-refractivity contribution in [3.05, 3.63) is 53.9 Å². The molecule has 4 aromatic rings. The zero-order valence-corrected chi connectivity index (χ0v) is 22.5. The molecule has 0 atom stereocenters. The van der Waals surface area contributed by atoms with Gasteiger partial charge in [0, 0.05) is 42.9 Å². The Morgan fingerprint density at radius 3 is 2.82 bits per heavy atom. The fourth-order valence-corrected chi connectivity index (χ4v) is 7.38. The maximum atomic E-state index is 13.7. The number of para-hydroxylation sites is 1. The molecule has 3 aliphatic rings. The Morgan fingerprint density at radius 2 is 2.05 bits per heavy atom. The number of ether oxygens (including phenoxy) is 2. The van der Waals surface area contributed by atoms with Crippen LogP contribution in [0.15, 0.2) is 52.1 Å². The van der Waals surface area contributed by atoms with Gasteiger partial charge in [-0.05, 0) is 55.8 Å². The predicted molar refractivity (Wildman–Crippen MR) is 145 cm³/mol. The van der Waals surface area contributed by atoms with Crippen molar-refractivity contribution in [2.45, 2.75) is 30.7 Å². The van der Waals surface area contributed by atoms with E-state index in [0.29, 0.717) is 47.5 Å². The number of nitrogens with one attached hydrogen (secondary N) is 2. The minimum absolute atomic E-state index is 0.0535. The standard InChI is InChI=1S/C27H30N6O5S/c1-36-25-20(32-16-27(17-32)7-10-28-11-8-27)4-2-5-22(25)39(34,35)31-26-23-21(38-30-26)14-18(15-33-12-3-9-29-33)19-6-13-37-24(19)23/h2-5,9,12,14,28H,6-8,10-11,13,15-17H2,1H3,(H,30,31). The summed E-state index contributed by atoms with van der Waals surface area (Å²) in [5.41, 5.74) is 3.52. The summed E-state index contributed by atoms with van der Waals surface area (Å²) < 4.78 is 49.2. The summed E-state index contributed by atoms with van der Waals surface area (Å²) in [6.07, 6.45) is 6.58. The van der Waals surface area contributed by atoms with E-state index < -0.39 is 10.0 Å². The fourth-order valence-electron chi connectivity index (χ4n) is 6.19. The first-order chi connectivity index (χ1) is 19.0.